The molecular weight excluding hydrogens is 400 g/mol. The summed E-state index contributed by atoms with van der Waals surface area (Å²) < 4.78 is 12.6. The number of aliphatic carboxylic acids is 1. The largest absolute Gasteiger partial charge is 0.481 e. The Hall–Kier alpha value is -0.610. The number of hydrogen-bond acceptors (Lipinski definition) is 3. The van der Waals surface area contributed by atoms with Crippen molar-refractivity contribution in [3.63, 3.8) is 0 Å². The highest BCUT2D eigenvalue weighted by Crippen LogP contribution is 2.68. The number of methoxy groups -OCH3 is 1. The second kappa shape index (κ2) is 9.21. The zero-order valence-corrected chi connectivity index (χ0v) is 21.4. The number of hydrogen-bond donors (Lipinski definition) is 1. The van der Waals surface area contributed by atoms with Crippen molar-refractivity contribution in [2.75, 3.05) is 7.11 Å². The fraction of sp³-hybridized carbons (Fsp3) is 0.964. The fourth-order valence-corrected chi connectivity index (χ4v) is 9.44. The molecule has 4 aliphatic carbocycles. The first kappa shape index (κ1) is 24.5. The first-order chi connectivity index (χ1) is 15.1. The van der Waals surface area contributed by atoms with Crippen LogP contribution >= 0.6 is 0 Å². The molecule has 10 unspecified atom stereocenters. The van der Waals surface area contributed by atoms with Gasteiger partial charge in [-0.05, 0) is 118 Å². The molecule has 0 heterocycles. The zero-order valence-electron chi connectivity index (χ0n) is 21.4. The van der Waals surface area contributed by atoms with Gasteiger partial charge in [-0.25, -0.2) is 0 Å². The first-order valence-electron chi connectivity index (χ1n) is 13.5. The van der Waals surface area contributed by atoms with Crippen LogP contribution in [-0.4, -0.2) is 36.5 Å². The molecule has 32 heavy (non-hydrogen) atoms. The summed E-state index contributed by atoms with van der Waals surface area (Å²) in [5.74, 6) is 3.37. The Morgan fingerprint density at radius 2 is 1.69 bits per heavy atom. The van der Waals surface area contributed by atoms with Gasteiger partial charge in [0.1, 0.15) is 0 Å². The SMILES string of the molecule is COC1CC2CC(OC(C)C)CCC2(C)C2CCC3(C)C(C(C)CCC(=O)O)CCC3C12. The number of carbonyl (C=O) groups is 1. The van der Waals surface area contributed by atoms with Gasteiger partial charge < -0.3 is 14.6 Å². The topological polar surface area (TPSA) is 55.8 Å². The van der Waals surface area contributed by atoms with Gasteiger partial charge in [0.05, 0.1) is 18.3 Å². The Morgan fingerprint density at radius 3 is 2.34 bits per heavy atom. The van der Waals surface area contributed by atoms with Crippen LogP contribution in [0.1, 0.15) is 98.8 Å². The highest BCUT2D eigenvalue weighted by atomic mass is 16.5. The van der Waals surface area contributed by atoms with Gasteiger partial charge in [-0.1, -0.05) is 20.8 Å². The third-order valence-corrected chi connectivity index (χ3v) is 11.0. The van der Waals surface area contributed by atoms with E-state index in [1.165, 1.54) is 51.4 Å². The van der Waals surface area contributed by atoms with Crippen LogP contribution in [0.25, 0.3) is 0 Å². The lowest BCUT2D eigenvalue weighted by molar-refractivity contribution is -0.187. The molecule has 0 spiro atoms. The molecule has 0 aromatic carbocycles. The molecule has 4 fully saturated rings. The van der Waals surface area contributed by atoms with E-state index in [9.17, 15) is 9.90 Å². The van der Waals surface area contributed by atoms with Gasteiger partial charge >= 0.3 is 5.97 Å². The normalized spacial score (nSPS) is 46.9. The molecule has 4 nitrogen and oxygen atoms in total. The molecule has 10 atom stereocenters. The number of carboxylic acids is 1. The quantitative estimate of drug-likeness (QED) is 0.479. The monoisotopic (exact) mass is 448 g/mol. The van der Waals surface area contributed by atoms with Crippen LogP contribution in [0.15, 0.2) is 0 Å². The number of carboxylic acid groups (broad SMARTS) is 1. The second-order valence-electron chi connectivity index (χ2n) is 12.7. The number of rotatable bonds is 7. The average molecular weight is 449 g/mol. The van der Waals surface area contributed by atoms with Crippen molar-refractivity contribution in [1.29, 1.82) is 0 Å². The lowest BCUT2D eigenvalue weighted by Crippen LogP contribution is -2.59. The maximum Gasteiger partial charge on any atom is 0.303 e. The Bertz CT molecular complexity index is 676. The number of ether oxygens (including phenoxy) is 2. The summed E-state index contributed by atoms with van der Waals surface area (Å²) in [6, 6.07) is 0. The van der Waals surface area contributed by atoms with E-state index in [2.05, 4.69) is 34.6 Å². The summed E-state index contributed by atoms with van der Waals surface area (Å²) in [6.45, 7) is 11.8. The van der Waals surface area contributed by atoms with Crippen molar-refractivity contribution in [3.05, 3.63) is 0 Å². The van der Waals surface area contributed by atoms with Crippen molar-refractivity contribution >= 4 is 5.97 Å². The Kier molecular flexibility index (Phi) is 7.05. The maximum absolute atomic E-state index is 11.2. The van der Waals surface area contributed by atoms with Gasteiger partial charge in [-0.3, -0.25) is 4.79 Å². The van der Waals surface area contributed by atoms with E-state index in [-0.39, 0.29) is 0 Å². The van der Waals surface area contributed by atoms with E-state index >= 15 is 0 Å². The molecule has 184 valence electrons. The minimum atomic E-state index is -0.650. The standard InChI is InChI=1S/C28H48O4/c1-17(2)32-20-11-13-27(4)19(15-20)16-24(31-6)26-22-9-8-21(18(3)7-10-25(29)30)28(22,5)14-12-23(26)27/h17-24,26H,7-16H2,1-6H3,(H,29,30). The van der Waals surface area contributed by atoms with E-state index in [0.717, 1.165) is 18.3 Å². The lowest BCUT2D eigenvalue weighted by Gasteiger charge is -2.63. The van der Waals surface area contributed by atoms with Crippen molar-refractivity contribution in [3.8, 4) is 0 Å². The van der Waals surface area contributed by atoms with Gasteiger partial charge in [0.15, 0.2) is 0 Å². The van der Waals surface area contributed by atoms with E-state index in [1.807, 2.05) is 7.11 Å². The summed E-state index contributed by atoms with van der Waals surface area (Å²) in [5.41, 5.74) is 0.766. The molecular formula is C28H48O4. The summed E-state index contributed by atoms with van der Waals surface area (Å²) in [4.78, 5) is 11.2. The molecule has 0 aliphatic heterocycles. The minimum absolute atomic E-state index is 0.310. The maximum atomic E-state index is 11.2. The molecule has 0 aromatic rings. The van der Waals surface area contributed by atoms with Gasteiger partial charge in [0.25, 0.3) is 0 Å². The molecule has 4 rings (SSSR count). The van der Waals surface area contributed by atoms with Gasteiger partial charge in [-0.15, -0.1) is 0 Å². The van der Waals surface area contributed by atoms with Crippen LogP contribution in [-0.2, 0) is 14.3 Å². The summed E-state index contributed by atoms with van der Waals surface area (Å²) in [6.07, 6.45) is 12.3. The van der Waals surface area contributed by atoms with E-state index in [4.69, 9.17) is 9.47 Å². The van der Waals surface area contributed by atoms with Crippen molar-refractivity contribution in [2.24, 2.45) is 46.3 Å². The Morgan fingerprint density at radius 1 is 1.00 bits per heavy atom. The molecule has 0 saturated heterocycles. The van der Waals surface area contributed by atoms with Crippen LogP contribution < -0.4 is 0 Å². The van der Waals surface area contributed by atoms with Crippen molar-refractivity contribution in [2.45, 2.75) is 117 Å². The van der Waals surface area contributed by atoms with Crippen LogP contribution in [0.3, 0.4) is 0 Å². The first-order valence-corrected chi connectivity index (χ1v) is 13.5. The van der Waals surface area contributed by atoms with E-state index in [1.54, 1.807) is 0 Å². The summed E-state index contributed by atoms with van der Waals surface area (Å²) in [7, 11) is 1.95. The Balaban J connectivity index is 1.54. The highest BCUT2D eigenvalue weighted by molar-refractivity contribution is 5.66. The predicted octanol–water partition coefficient (Wildman–Crippen LogP) is 6.56. The van der Waals surface area contributed by atoms with E-state index < -0.39 is 5.97 Å². The molecule has 4 heteroatoms. The van der Waals surface area contributed by atoms with Crippen molar-refractivity contribution in [1.82, 2.24) is 0 Å². The summed E-state index contributed by atoms with van der Waals surface area (Å²) in [5, 5.41) is 9.20. The van der Waals surface area contributed by atoms with Crippen molar-refractivity contribution < 1.29 is 19.4 Å². The fourth-order valence-electron chi connectivity index (χ4n) is 9.44. The van der Waals surface area contributed by atoms with E-state index in [0.29, 0.717) is 59.2 Å². The predicted molar refractivity (Wildman–Crippen MR) is 127 cm³/mol. The smallest absolute Gasteiger partial charge is 0.303 e. The minimum Gasteiger partial charge on any atom is -0.481 e. The molecule has 0 radical (unpaired) electrons. The van der Waals surface area contributed by atoms with Crippen LogP contribution in [0.2, 0.25) is 0 Å². The molecule has 0 aromatic heterocycles. The Labute approximate surface area is 196 Å². The highest BCUT2D eigenvalue weighted by Gasteiger charge is 2.63. The molecule has 0 bridgehead atoms. The lowest BCUT2D eigenvalue weighted by atomic mass is 9.43. The molecule has 1 N–H and O–H groups in total. The van der Waals surface area contributed by atoms with Crippen LogP contribution in [0.4, 0.5) is 0 Å². The molecule has 4 saturated carbocycles. The van der Waals surface area contributed by atoms with Gasteiger partial charge in [-0.2, -0.15) is 0 Å². The average Bonchev–Trinajstić information content (AvgIpc) is 3.08. The number of fused-ring (bicyclic) bond motifs is 5. The van der Waals surface area contributed by atoms with Crippen LogP contribution in [0.5, 0.6) is 0 Å². The third kappa shape index (κ3) is 4.17. The van der Waals surface area contributed by atoms with Crippen LogP contribution in [0, 0.1) is 46.3 Å². The van der Waals surface area contributed by atoms with Gasteiger partial charge in [0.2, 0.25) is 0 Å². The van der Waals surface area contributed by atoms with Gasteiger partial charge in [0, 0.05) is 13.5 Å². The summed E-state index contributed by atoms with van der Waals surface area (Å²) >= 11 is 0. The molecule has 0 amide bonds. The second-order valence-corrected chi connectivity index (χ2v) is 12.7. The zero-order chi connectivity index (χ0) is 23.3. The molecule has 4 aliphatic rings. The third-order valence-electron chi connectivity index (χ3n) is 11.0.